The Bertz CT molecular complexity index is 1090. The largest absolute Gasteiger partial charge is 0.482 e. The molecule has 3 aromatic rings. The van der Waals surface area contributed by atoms with Gasteiger partial charge < -0.3 is 9.84 Å². The first-order valence-corrected chi connectivity index (χ1v) is 12.7. The van der Waals surface area contributed by atoms with Gasteiger partial charge in [-0.25, -0.2) is 4.79 Å². The summed E-state index contributed by atoms with van der Waals surface area (Å²) >= 11 is 3.19. The van der Waals surface area contributed by atoms with E-state index in [1.807, 2.05) is 25.1 Å². The summed E-state index contributed by atoms with van der Waals surface area (Å²) in [5.74, 6) is 0.738. The van der Waals surface area contributed by atoms with Crippen LogP contribution in [0.2, 0.25) is 0 Å². The Balaban J connectivity index is 1.67. The average Bonchev–Trinajstić information content (AvgIpc) is 3.18. The molecule has 3 nitrogen and oxygen atoms in total. The third-order valence-electron chi connectivity index (χ3n) is 5.41. The number of hydrogen-bond acceptors (Lipinski definition) is 4. The number of thiophene rings is 1. The lowest BCUT2D eigenvalue weighted by molar-refractivity contribution is -0.139. The molecule has 8 heteroatoms. The molecule has 0 bridgehead atoms. The number of unbranched alkanes of at least 4 members (excludes halogenated alkanes) is 1. The molecule has 0 aliphatic carbocycles. The number of carboxylic acids is 1. The van der Waals surface area contributed by atoms with Crippen LogP contribution in [0.1, 0.15) is 54.5 Å². The number of aliphatic carboxylic acids is 1. The lowest BCUT2D eigenvalue weighted by Gasteiger charge is -2.15. The van der Waals surface area contributed by atoms with Crippen molar-refractivity contribution in [2.24, 2.45) is 0 Å². The summed E-state index contributed by atoms with van der Waals surface area (Å²) in [7, 11) is 0. The third kappa shape index (κ3) is 7.14. The minimum atomic E-state index is -4.33. The summed E-state index contributed by atoms with van der Waals surface area (Å²) < 4.78 is 45.2. The molecule has 1 aromatic heterocycles. The Morgan fingerprint density at radius 2 is 1.94 bits per heavy atom. The number of thioether (sulfide) groups is 1. The molecular weight excluding hydrogens is 469 g/mol. The van der Waals surface area contributed by atoms with Crippen molar-refractivity contribution in [3.05, 3.63) is 58.5 Å². The van der Waals surface area contributed by atoms with Crippen molar-refractivity contribution in [1.82, 2.24) is 0 Å². The third-order valence-corrected chi connectivity index (χ3v) is 7.70. The van der Waals surface area contributed by atoms with Crippen LogP contribution in [0.5, 0.6) is 5.75 Å². The molecule has 0 saturated carbocycles. The van der Waals surface area contributed by atoms with E-state index in [9.17, 15) is 18.0 Å². The van der Waals surface area contributed by atoms with Gasteiger partial charge in [0, 0.05) is 14.5 Å². The highest BCUT2D eigenvalue weighted by Gasteiger charge is 2.30. The van der Waals surface area contributed by atoms with E-state index in [2.05, 4.69) is 6.92 Å². The topological polar surface area (TPSA) is 46.5 Å². The molecule has 3 rings (SSSR count). The highest BCUT2D eigenvalue weighted by molar-refractivity contribution is 7.99. The first-order chi connectivity index (χ1) is 15.7. The Kier molecular flexibility index (Phi) is 8.70. The van der Waals surface area contributed by atoms with E-state index in [0.717, 1.165) is 58.2 Å². The van der Waals surface area contributed by atoms with Gasteiger partial charge in [-0.05, 0) is 78.8 Å². The number of ether oxygens (including phenoxy) is 1. The van der Waals surface area contributed by atoms with Gasteiger partial charge in [-0.3, -0.25) is 0 Å². The first kappa shape index (κ1) is 25.4. The highest BCUT2D eigenvalue weighted by Crippen LogP contribution is 2.39. The average molecular weight is 497 g/mol. The summed E-state index contributed by atoms with van der Waals surface area (Å²) in [6.07, 6.45) is -0.240. The number of carbonyl (C=O) groups is 1. The lowest BCUT2D eigenvalue weighted by Crippen LogP contribution is -2.10. The fourth-order valence-corrected chi connectivity index (χ4v) is 5.98. The van der Waals surface area contributed by atoms with Crippen LogP contribution in [0.25, 0.3) is 10.1 Å². The second kappa shape index (κ2) is 11.3. The van der Waals surface area contributed by atoms with Crippen LogP contribution >= 0.6 is 23.1 Å². The van der Waals surface area contributed by atoms with Gasteiger partial charge in [0.25, 0.3) is 0 Å². The monoisotopic (exact) mass is 496 g/mol. The van der Waals surface area contributed by atoms with Crippen LogP contribution in [-0.2, 0) is 11.0 Å². The summed E-state index contributed by atoms with van der Waals surface area (Å²) in [5.41, 5.74) is 0.281. The van der Waals surface area contributed by atoms with Crippen molar-refractivity contribution in [2.45, 2.75) is 56.5 Å². The molecule has 1 N–H and O–H groups in total. The van der Waals surface area contributed by atoms with Crippen molar-refractivity contribution >= 4 is 39.2 Å². The van der Waals surface area contributed by atoms with Gasteiger partial charge in [0.1, 0.15) is 5.75 Å². The molecule has 0 amide bonds. The highest BCUT2D eigenvalue weighted by atomic mass is 32.2. The van der Waals surface area contributed by atoms with E-state index in [1.54, 1.807) is 23.9 Å². The zero-order valence-corrected chi connectivity index (χ0v) is 20.2. The summed E-state index contributed by atoms with van der Waals surface area (Å²) in [4.78, 5) is 12.9. The second-order valence-corrected chi connectivity index (χ2v) is 10.3. The Morgan fingerprint density at radius 3 is 2.61 bits per heavy atom. The minimum absolute atomic E-state index is 0.309. The van der Waals surface area contributed by atoms with E-state index < -0.39 is 17.7 Å². The van der Waals surface area contributed by atoms with Crippen LogP contribution in [0, 0.1) is 6.92 Å². The van der Waals surface area contributed by atoms with Gasteiger partial charge in [0.2, 0.25) is 0 Å². The van der Waals surface area contributed by atoms with Gasteiger partial charge in [0.15, 0.2) is 6.61 Å². The van der Waals surface area contributed by atoms with E-state index in [1.165, 1.54) is 17.4 Å². The van der Waals surface area contributed by atoms with Gasteiger partial charge in [-0.15, -0.1) is 23.1 Å². The van der Waals surface area contributed by atoms with Crippen molar-refractivity contribution < 1.29 is 27.8 Å². The molecule has 1 heterocycles. The number of aryl methyl sites for hydroxylation is 1. The quantitative estimate of drug-likeness (QED) is 0.272. The fraction of sp³-hybridized carbons (Fsp3) is 0.400. The number of carboxylic acid groups (broad SMARTS) is 1. The molecule has 0 spiro atoms. The van der Waals surface area contributed by atoms with Gasteiger partial charge in [-0.1, -0.05) is 25.8 Å². The minimum Gasteiger partial charge on any atom is -0.482 e. The summed E-state index contributed by atoms with van der Waals surface area (Å²) in [6.45, 7) is 3.66. The Hall–Kier alpha value is -2.19. The molecular formula is C25H27F3O3S2. The van der Waals surface area contributed by atoms with Crippen molar-refractivity contribution in [3.8, 4) is 5.75 Å². The molecule has 1 unspecified atom stereocenters. The lowest BCUT2D eigenvalue weighted by atomic mass is 9.97. The van der Waals surface area contributed by atoms with Crippen molar-refractivity contribution in [1.29, 1.82) is 0 Å². The smallest absolute Gasteiger partial charge is 0.416 e. The van der Waals surface area contributed by atoms with Gasteiger partial charge in [0.05, 0.1) is 5.56 Å². The number of hydrogen-bond donors (Lipinski definition) is 1. The maximum absolute atomic E-state index is 13.1. The predicted molar refractivity (Wildman–Crippen MR) is 129 cm³/mol. The zero-order valence-electron chi connectivity index (χ0n) is 18.6. The number of benzene rings is 2. The summed E-state index contributed by atoms with van der Waals surface area (Å²) in [5, 5.41) is 9.63. The molecule has 0 radical (unpaired) electrons. The zero-order chi connectivity index (χ0) is 24.0. The number of fused-ring (bicyclic) bond motifs is 1. The van der Waals surface area contributed by atoms with Gasteiger partial charge in [-0.2, -0.15) is 13.2 Å². The SMILES string of the molecule is CCCCC(CCSc1ccc(OCC(=O)O)c(C)c1)c1cc2ccc(C(F)(F)F)cc2s1. The van der Waals surface area contributed by atoms with Crippen LogP contribution in [0.4, 0.5) is 13.2 Å². The molecule has 0 saturated heterocycles. The molecule has 1 atom stereocenters. The van der Waals surface area contributed by atoms with E-state index in [0.29, 0.717) is 16.4 Å². The molecule has 2 aromatic carbocycles. The molecule has 0 aliphatic heterocycles. The van der Waals surface area contributed by atoms with Gasteiger partial charge >= 0.3 is 12.1 Å². The molecule has 0 fully saturated rings. The van der Waals surface area contributed by atoms with Crippen molar-refractivity contribution in [2.75, 3.05) is 12.4 Å². The number of alkyl halides is 3. The van der Waals surface area contributed by atoms with Crippen LogP contribution in [0.15, 0.2) is 47.4 Å². The van der Waals surface area contributed by atoms with E-state index in [4.69, 9.17) is 9.84 Å². The summed E-state index contributed by atoms with van der Waals surface area (Å²) in [6, 6.07) is 11.7. The molecule has 0 aliphatic rings. The van der Waals surface area contributed by atoms with E-state index >= 15 is 0 Å². The van der Waals surface area contributed by atoms with Crippen LogP contribution in [-0.4, -0.2) is 23.4 Å². The fourth-order valence-electron chi connectivity index (χ4n) is 3.64. The maximum Gasteiger partial charge on any atom is 0.416 e. The number of halogens is 3. The first-order valence-electron chi connectivity index (χ1n) is 10.9. The Labute approximate surface area is 200 Å². The number of rotatable bonds is 11. The van der Waals surface area contributed by atoms with Crippen LogP contribution in [0.3, 0.4) is 0 Å². The normalized spacial score (nSPS) is 12.8. The molecule has 178 valence electrons. The predicted octanol–water partition coefficient (Wildman–Crippen LogP) is 8.15. The van der Waals surface area contributed by atoms with Crippen LogP contribution < -0.4 is 4.74 Å². The van der Waals surface area contributed by atoms with Crippen molar-refractivity contribution in [3.63, 3.8) is 0 Å². The molecule has 33 heavy (non-hydrogen) atoms. The second-order valence-electron chi connectivity index (χ2n) is 7.99. The maximum atomic E-state index is 13.1. The standard InChI is InChI=1S/C25H27F3O3S2/c1-3-4-5-17(22-13-18-6-7-19(25(26,27)28)14-23(18)33-22)10-11-32-20-8-9-21(16(2)12-20)31-15-24(29)30/h6-9,12-14,17H,3-5,10-11,15H2,1-2H3,(H,29,30). The van der Waals surface area contributed by atoms with E-state index in [-0.39, 0.29) is 6.61 Å². The Morgan fingerprint density at radius 1 is 1.15 bits per heavy atom.